The van der Waals surface area contributed by atoms with E-state index in [1.807, 2.05) is 24.3 Å². The van der Waals surface area contributed by atoms with Crippen LogP contribution in [0.25, 0.3) is 0 Å². The highest BCUT2D eigenvalue weighted by atomic mass is 79.9. The molecule has 0 aliphatic carbocycles. The number of benzene rings is 1. The lowest BCUT2D eigenvalue weighted by Gasteiger charge is -2.06. The van der Waals surface area contributed by atoms with Crippen molar-refractivity contribution >= 4 is 15.9 Å². The lowest BCUT2D eigenvalue weighted by molar-refractivity contribution is 0.290. The number of rotatable bonds is 3. The van der Waals surface area contributed by atoms with Crippen molar-refractivity contribution < 1.29 is 9.13 Å². The van der Waals surface area contributed by atoms with E-state index < -0.39 is 5.95 Å². The largest absolute Gasteiger partial charge is 0.473 e. The van der Waals surface area contributed by atoms with E-state index in [1.165, 1.54) is 0 Å². The molecule has 0 unspecified atom stereocenters. The molecule has 0 saturated carbocycles. The van der Waals surface area contributed by atoms with Crippen LogP contribution in [0.5, 0.6) is 5.88 Å². The Morgan fingerprint density at radius 1 is 1.25 bits per heavy atom. The highest BCUT2D eigenvalue weighted by molar-refractivity contribution is 9.10. The number of halogens is 2. The molecule has 0 bridgehead atoms. The van der Waals surface area contributed by atoms with E-state index in [-0.39, 0.29) is 5.88 Å². The van der Waals surface area contributed by atoms with Gasteiger partial charge in [-0.2, -0.15) is 4.39 Å². The molecule has 82 valence electrons. The highest BCUT2D eigenvalue weighted by Gasteiger charge is 2.02. The number of hydrogen-bond acceptors (Lipinski definition) is 3. The van der Waals surface area contributed by atoms with Gasteiger partial charge in [0.1, 0.15) is 12.9 Å². The van der Waals surface area contributed by atoms with Crippen LogP contribution in [0.3, 0.4) is 0 Å². The van der Waals surface area contributed by atoms with E-state index in [1.54, 1.807) is 0 Å². The summed E-state index contributed by atoms with van der Waals surface area (Å²) < 4.78 is 19.0. The summed E-state index contributed by atoms with van der Waals surface area (Å²) in [6, 6.07) is 8.81. The fourth-order valence-electron chi connectivity index (χ4n) is 1.16. The van der Waals surface area contributed by atoms with Crippen LogP contribution in [-0.2, 0) is 6.61 Å². The van der Waals surface area contributed by atoms with Crippen molar-refractivity contribution in [3.05, 3.63) is 52.6 Å². The molecular formula is C11H8BrFN2O. The van der Waals surface area contributed by atoms with Crippen molar-refractivity contribution in [2.24, 2.45) is 0 Å². The molecular weight excluding hydrogens is 275 g/mol. The lowest BCUT2D eigenvalue weighted by atomic mass is 10.2. The number of ether oxygens (including phenoxy) is 1. The lowest BCUT2D eigenvalue weighted by Crippen LogP contribution is -1.99. The van der Waals surface area contributed by atoms with E-state index in [2.05, 4.69) is 25.9 Å². The maximum absolute atomic E-state index is 12.7. The van der Waals surface area contributed by atoms with Gasteiger partial charge in [0.25, 0.3) is 0 Å². The van der Waals surface area contributed by atoms with Crippen LogP contribution in [0.2, 0.25) is 0 Å². The first-order chi connectivity index (χ1) is 7.75. The Hall–Kier alpha value is -1.49. The highest BCUT2D eigenvalue weighted by Crippen LogP contribution is 2.17. The Labute approximate surface area is 100 Å². The molecule has 2 aromatic rings. The van der Waals surface area contributed by atoms with Crippen molar-refractivity contribution in [2.75, 3.05) is 0 Å². The minimum Gasteiger partial charge on any atom is -0.473 e. The third kappa shape index (κ3) is 2.76. The standard InChI is InChI=1S/C11H8BrFN2O/c12-9-4-2-1-3-8(9)6-16-11-5-10(13)14-7-15-11/h1-5,7H,6H2. The fourth-order valence-corrected chi connectivity index (χ4v) is 1.56. The summed E-state index contributed by atoms with van der Waals surface area (Å²) in [5.74, 6) is -0.375. The molecule has 0 spiro atoms. The van der Waals surface area contributed by atoms with Crippen LogP contribution in [0.1, 0.15) is 5.56 Å². The monoisotopic (exact) mass is 282 g/mol. The molecule has 0 aliphatic rings. The molecule has 1 heterocycles. The Morgan fingerprint density at radius 3 is 2.81 bits per heavy atom. The summed E-state index contributed by atoms with van der Waals surface area (Å²) in [5, 5.41) is 0. The quantitative estimate of drug-likeness (QED) is 0.812. The SMILES string of the molecule is Fc1cc(OCc2ccccc2Br)ncn1. The van der Waals surface area contributed by atoms with Crippen LogP contribution in [-0.4, -0.2) is 9.97 Å². The third-order valence-electron chi connectivity index (χ3n) is 1.94. The molecule has 3 nitrogen and oxygen atoms in total. The molecule has 0 aliphatic heterocycles. The van der Waals surface area contributed by atoms with Gasteiger partial charge >= 0.3 is 0 Å². The van der Waals surface area contributed by atoms with Gasteiger partial charge in [-0.25, -0.2) is 9.97 Å². The van der Waals surface area contributed by atoms with Crippen molar-refractivity contribution in [1.82, 2.24) is 9.97 Å². The van der Waals surface area contributed by atoms with Crippen molar-refractivity contribution in [1.29, 1.82) is 0 Å². The zero-order chi connectivity index (χ0) is 11.4. The molecule has 16 heavy (non-hydrogen) atoms. The first-order valence-corrected chi connectivity index (χ1v) is 5.39. The number of aromatic nitrogens is 2. The first-order valence-electron chi connectivity index (χ1n) is 4.59. The molecule has 5 heteroatoms. The van der Waals surface area contributed by atoms with Gasteiger partial charge in [0.05, 0.1) is 6.07 Å². The van der Waals surface area contributed by atoms with Gasteiger partial charge in [0, 0.05) is 10.0 Å². The third-order valence-corrected chi connectivity index (χ3v) is 2.72. The summed E-state index contributed by atoms with van der Waals surface area (Å²) >= 11 is 3.40. The Morgan fingerprint density at radius 2 is 2.06 bits per heavy atom. The van der Waals surface area contributed by atoms with Crippen LogP contribution in [0.4, 0.5) is 4.39 Å². The molecule has 0 amide bonds. The van der Waals surface area contributed by atoms with Crippen LogP contribution in [0.15, 0.2) is 41.1 Å². The number of nitrogens with zero attached hydrogens (tertiary/aromatic N) is 2. The van der Waals surface area contributed by atoms with E-state index in [0.717, 1.165) is 22.4 Å². The minimum absolute atomic E-state index is 0.225. The minimum atomic E-state index is -0.600. The van der Waals surface area contributed by atoms with Crippen molar-refractivity contribution in [2.45, 2.75) is 6.61 Å². The zero-order valence-electron chi connectivity index (χ0n) is 8.23. The van der Waals surface area contributed by atoms with Crippen LogP contribution in [0, 0.1) is 5.95 Å². The van der Waals surface area contributed by atoms with Gasteiger partial charge in [0.15, 0.2) is 0 Å². The maximum Gasteiger partial charge on any atom is 0.219 e. The summed E-state index contributed by atoms with van der Waals surface area (Å²) in [6.45, 7) is 0.331. The average Bonchev–Trinajstić information content (AvgIpc) is 2.28. The summed E-state index contributed by atoms with van der Waals surface area (Å²) in [5.41, 5.74) is 0.974. The van der Waals surface area contributed by atoms with E-state index in [9.17, 15) is 4.39 Å². The normalized spacial score (nSPS) is 10.1. The van der Waals surface area contributed by atoms with Gasteiger partial charge in [-0.3, -0.25) is 0 Å². The van der Waals surface area contributed by atoms with Crippen molar-refractivity contribution in [3.8, 4) is 5.88 Å². The Balaban J connectivity index is 2.05. The number of hydrogen-bond donors (Lipinski definition) is 0. The summed E-state index contributed by atoms with van der Waals surface area (Å²) in [7, 11) is 0. The predicted octanol–water partition coefficient (Wildman–Crippen LogP) is 2.96. The van der Waals surface area contributed by atoms with Crippen LogP contribution >= 0.6 is 15.9 Å². The molecule has 0 saturated heterocycles. The van der Waals surface area contributed by atoms with Gasteiger partial charge in [0.2, 0.25) is 11.8 Å². The van der Waals surface area contributed by atoms with Crippen LogP contribution < -0.4 is 4.74 Å². The van der Waals surface area contributed by atoms with Gasteiger partial charge < -0.3 is 4.74 Å². The topological polar surface area (TPSA) is 35.0 Å². The second kappa shape index (κ2) is 5.03. The van der Waals surface area contributed by atoms with Gasteiger partial charge in [-0.1, -0.05) is 34.1 Å². The smallest absolute Gasteiger partial charge is 0.219 e. The zero-order valence-corrected chi connectivity index (χ0v) is 9.82. The second-order valence-corrected chi connectivity index (χ2v) is 3.91. The van der Waals surface area contributed by atoms with Crippen molar-refractivity contribution in [3.63, 3.8) is 0 Å². The fraction of sp³-hybridized carbons (Fsp3) is 0.0909. The summed E-state index contributed by atoms with van der Waals surface area (Å²) in [6.07, 6.45) is 1.13. The van der Waals surface area contributed by atoms with Gasteiger partial charge in [-0.15, -0.1) is 0 Å². The molecule has 1 aromatic heterocycles. The Kier molecular flexibility index (Phi) is 3.46. The first kappa shape index (κ1) is 11.0. The molecule has 1 aromatic carbocycles. The van der Waals surface area contributed by atoms with E-state index in [4.69, 9.17) is 4.74 Å². The van der Waals surface area contributed by atoms with E-state index in [0.29, 0.717) is 6.61 Å². The second-order valence-electron chi connectivity index (χ2n) is 3.06. The van der Waals surface area contributed by atoms with E-state index >= 15 is 0 Å². The Bertz CT molecular complexity index is 493. The molecule has 0 N–H and O–H groups in total. The molecule has 0 atom stereocenters. The predicted molar refractivity (Wildman–Crippen MR) is 60.5 cm³/mol. The maximum atomic E-state index is 12.7. The molecule has 0 fully saturated rings. The summed E-state index contributed by atoms with van der Waals surface area (Å²) in [4.78, 5) is 7.14. The van der Waals surface area contributed by atoms with Gasteiger partial charge in [-0.05, 0) is 6.07 Å². The average molecular weight is 283 g/mol. The molecule has 0 radical (unpaired) electrons. The molecule has 2 rings (SSSR count).